The number of aliphatic imine (C=N–C) groups is 3. The van der Waals surface area contributed by atoms with E-state index in [9.17, 15) is 0 Å². The van der Waals surface area contributed by atoms with E-state index >= 15 is 0 Å². The van der Waals surface area contributed by atoms with Gasteiger partial charge in [-0.1, -0.05) is 0 Å². The molecule has 1 N–H and O–H groups in total. The van der Waals surface area contributed by atoms with E-state index in [1.807, 2.05) is 0 Å². The van der Waals surface area contributed by atoms with Gasteiger partial charge in [-0.15, -0.1) is 0 Å². The Morgan fingerprint density at radius 1 is 0.750 bits per heavy atom. The number of hydrogen-bond acceptors (Lipinski definition) is 4. The van der Waals surface area contributed by atoms with Crippen molar-refractivity contribution in [2.45, 2.75) is 63.5 Å². The van der Waals surface area contributed by atoms with Gasteiger partial charge < -0.3 is 5.32 Å². The second kappa shape index (κ2) is 6.51. The zero-order valence-corrected chi connectivity index (χ0v) is 17.1. The predicted molar refractivity (Wildman–Crippen MR) is 94.2 cm³/mol. The van der Waals surface area contributed by atoms with Crippen LogP contribution in [0.15, 0.2) is 50.3 Å². The van der Waals surface area contributed by atoms with Crippen LogP contribution in [-0.2, 0) is 19.5 Å². The molecular weight excluding hydrogens is 350 g/mol. The van der Waals surface area contributed by atoms with Crippen molar-refractivity contribution in [3.63, 3.8) is 0 Å². The Balaban J connectivity index is 0.00000146. The normalized spacial score (nSPS) is 30.7. The second-order valence-electron chi connectivity index (χ2n) is 7.16. The number of nitrogens with zero attached hydrogens (tertiary/aromatic N) is 3. The van der Waals surface area contributed by atoms with Gasteiger partial charge in [-0.25, -0.2) is 0 Å². The Kier molecular flexibility index (Phi) is 4.38. The fourth-order valence-corrected chi connectivity index (χ4v) is 4.24. The van der Waals surface area contributed by atoms with Crippen molar-refractivity contribution in [3.05, 3.63) is 35.3 Å². The fraction of sp³-hybridized carbons (Fsp3) is 0.526. The molecular formula is C19H22N4Zn. The quantitative estimate of drug-likeness (QED) is 0.651. The third-order valence-corrected chi connectivity index (χ3v) is 5.44. The van der Waals surface area contributed by atoms with Crippen molar-refractivity contribution < 1.29 is 19.5 Å². The van der Waals surface area contributed by atoms with Crippen LogP contribution >= 0.6 is 0 Å². The Morgan fingerprint density at radius 2 is 1.46 bits per heavy atom. The van der Waals surface area contributed by atoms with Gasteiger partial charge in [0.25, 0.3) is 0 Å². The smallest absolute Gasteiger partial charge is 0.0707 e. The molecule has 1 fully saturated rings. The summed E-state index contributed by atoms with van der Waals surface area (Å²) in [6, 6.07) is 0.934. The Bertz CT molecular complexity index is 738. The van der Waals surface area contributed by atoms with E-state index in [0.29, 0.717) is 12.1 Å². The maximum Gasteiger partial charge on any atom is 0.0707 e. The molecule has 5 aliphatic heterocycles. The number of hydrogen-bond donors (Lipinski definition) is 1. The maximum absolute atomic E-state index is 4.98. The molecule has 4 nitrogen and oxygen atoms in total. The van der Waals surface area contributed by atoms with Crippen LogP contribution in [0.25, 0.3) is 0 Å². The van der Waals surface area contributed by atoms with Crippen LogP contribution in [-0.4, -0.2) is 29.2 Å². The average Bonchev–Trinajstić information content (AvgIpc) is 3.28. The van der Waals surface area contributed by atoms with Crippen LogP contribution in [0, 0.1) is 0 Å². The third kappa shape index (κ3) is 3.11. The summed E-state index contributed by atoms with van der Waals surface area (Å²) in [5.41, 5.74) is 7.41. The largest absolute Gasteiger partial charge is 0.383 e. The molecule has 5 rings (SSSR count). The summed E-state index contributed by atoms with van der Waals surface area (Å²) in [6.07, 6.45) is 15.5. The maximum atomic E-state index is 4.98. The SMILES string of the molecule is C1=C2CCC(=N2)C=C2CCC(N2)C2CCC(=N2)C=C2CCC1=N2.[Zn]. The molecule has 0 aliphatic carbocycles. The standard InChI is InChI=1S/C19H22N4.Zn/c1-3-14-10-16-5-7-18(22-16)19-8-6-17(23-19)11-15-4-2-13(21-15)9-12(1)20-14;/h9-11,18-19,22H,1-8H2;. The van der Waals surface area contributed by atoms with E-state index in [-0.39, 0.29) is 19.5 Å². The topological polar surface area (TPSA) is 49.1 Å². The number of rotatable bonds is 0. The minimum Gasteiger partial charge on any atom is -0.383 e. The van der Waals surface area contributed by atoms with Gasteiger partial charge in [-0.2, -0.15) is 0 Å². The van der Waals surface area contributed by atoms with Crippen LogP contribution < -0.4 is 5.32 Å². The fourth-order valence-electron chi connectivity index (χ4n) is 4.24. The number of nitrogens with one attached hydrogen (secondary N) is 1. The van der Waals surface area contributed by atoms with E-state index in [1.54, 1.807) is 0 Å². The molecule has 2 atom stereocenters. The van der Waals surface area contributed by atoms with Crippen LogP contribution in [0.3, 0.4) is 0 Å². The number of allylic oxidation sites excluding steroid dienone is 6. The third-order valence-electron chi connectivity index (χ3n) is 5.44. The summed E-state index contributed by atoms with van der Waals surface area (Å²) in [5, 5.41) is 3.71. The minimum atomic E-state index is 0. The molecule has 0 radical (unpaired) electrons. The van der Waals surface area contributed by atoms with E-state index in [4.69, 9.17) is 15.0 Å². The van der Waals surface area contributed by atoms with Crippen molar-refractivity contribution in [1.82, 2.24) is 5.32 Å². The van der Waals surface area contributed by atoms with E-state index in [2.05, 4.69) is 23.5 Å². The molecule has 5 heteroatoms. The van der Waals surface area contributed by atoms with E-state index < -0.39 is 0 Å². The summed E-state index contributed by atoms with van der Waals surface area (Å²) >= 11 is 0. The molecule has 2 unspecified atom stereocenters. The summed E-state index contributed by atoms with van der Waals surface area (Å²) in [4.78, 5) is 14.6. The molecule has 120 valence electrons. The Morgan fingerprint density at radius 3 is 2.25 bits per heavy atom. The monoisotopic (exact) mass is 370 g/mol. The predicted octanol–water partition coefficient (Wildman–Crippen LogP) is 3.47. The van der Waals surface area contributed by atoms with Gasteiger partial charge in [-0.05, 0) is 69.6 Å². The van der Waals surface area contributed by atoms with Crippen molar-refractivity contribution in [2.75, 3.05) is 0 Å². The molecule has 8 bridgehead atoms. The average molecular weight is 372 g/mol. The molecule has 0 aromatic carbocycles. The van der Waals surface area contributed by atoms with Gasteiger partial charge in [0.1, 0.15) is 0 Å². The van der Waals surface area contributed by atoms with Crippen LogP contribution in [0.5, 0.6) is 0 Å². The zero-order valence-electron chi connectivity index (χ0n) is 14.1. The van der Waals surface area contributed by atoms with Crippen LogP contribution in [0.1, 0.15) is 51.4 Å². The van der Waals surface area contributed by atoms with Gasteiger partial charge in [0, 0.05) is 59.7 Å². The van der Waals surface area contributed by atoms with Gasteiger partial charge >= 0.3 is 0 Å². The summed E-state index contributed by atoms with van der Waals surface area (Å²) in [7, 11) is 0. The zero-order chi connectivity index (χ0) is 15.2. The van der Waals surface area contributed by atoms with E-state index in [1.165, 1.54) is 47.1 Å². The molecule has 24 heavy (non-hydrogen) atoms. The van der Waals surface area contributed by atoms with Crippen molar-refractivity contribution in [1.29, 1.82) is 0 Å². The second-order valence-corrected chi connectivity index (χ2v) is 7.16. The molecule has 1 saturated heterocycles. The minimum absolute atomic E-state index is 0. The van der Waals surface area contributed by atoms with Gasteiger partial charge in [0.15, 0.2) is 0 Å². The van der Waals surface area contributed by atoms with Gasteiger partial charge in [0.2, 0.25) is 0 Å². The Labute approximate surface area is 155 Å². The molecule has 0 aromatic rings. The Hall–Kier alpha value is -1.35. The summed E-state index contributed by atoms with van der Waals surface area (Å²) in [6.45, 7) is 0. The molecule has 0 saturated carbocycles. The molecule has 5 heterocycles. The van der Waals surface area contributed by atoms with Gasteiger partial charge in [-0.3, -0.25) is 15.0 Å². The van der Waals surface area contributed by atoms with Crippen molar-refractivity contribution in [3.8, 4) is 0 Å². The molecule has 5 aliphatic rings. The summed E-state index contributed by atoms with van der Waals surface area (Å²) in [5.74, 6) is 0. The number of fused-ring (bicyclic) bond motifs is 6. The van der Waals surface area contributed by atoms with Crippen LogP contribution in [0.2, 0.25) is 0 Å². The molecule has 0 amide bonds. The first kappa shape index (κ1) is 16.1. The summed E-state index contributed by atoms with van der Waals surface area (Å²) < 4.78 is 0. The molecule has 0 aromatic heterocycles. The van der Waals surface area contributed by atoms with Crippen molar-refractivity contribution in [2.24, 2.45) is 15.0 Å². The van der Waals surface area contributed by atoms with Crippen molar-refractivity contribution >= 4 is 17.1 Å². The first-order chi connectivity index (χ1) is 11.3. The molecule has 0 spiro atoms. The first-order valence-electron chi connectivity index (χ1n) is 8.92. The van der Waals surface area contributed by atoms with E-state index in [0.717, 1.165) is 38.5 Å². The van der Waals surface area contributed by atoms with Gasteiger partial charge in [0.05, 0.1) is 6.04 Å². The first-order valence-corrected chi connectivity index (χ1v) is 8.92. The van der Waals surface area contributed by atoms with Crippen LogP contribution in [0.4, 0.5) is 0 Å².